The molecule has 94 valence electrons. The minimum Gasteiger partial charge on any atom is -0.462 e. The molecular weight excluding hydrogens is 228 g/mol. The molecule has 1 aliphatic heterocycles. The number of hydrogen-bond donors (Lipinski definition) is 2. The third-order valence-electron chi connectivity index (χ3n) is 2.73. The molecule has 1 heterocycles. The first kappa shape index (κ1) is 12.2. The lowest BCUT2D eigenvalue weighted by atomic mass is 10.00. The first-order valence-electron chi connectivity index (χ1n) is 5.88. The zero-order valence-electron chi connectivity index (χ0n) is 10.3. The van der Waals surface area contributed by atoms with E-state index in [4.69, 9.17) is 10.5 Å². The van der Waals surface area contributed by atoms with E-state index in [1.807, 2.05) is 24.4 Å². The van der Waals surface area contributed by atoms with Crippen LogP contribution < -0.4 is 11.1 Å². The van der Waals surface area contributed by atoms with Gasteiger partial charge < -0.3 is 15.8 Å². The minimum atomic E-state index is -0.308. The number of rotatable bonds is 3. The number of dihydropyridines is 1. The number of nitrogens with one attached hydrogen (secondary N) is 1. The van der Waals surface area contributed by atoms with Gasteiger partial charge in [0.1, 0.15) is 0 Å². The van der Waals surface area contributed by atoms with Crippen LogP contribution in [0.5, 0.6) is 0 Å². The monoisotopic (exact) mass is 244 g/mol. The van der Waals surface area contributed by atoms with E-state index >= 15 is 0 Å². The molecule has 1 aromatic carbocycles. The van der Waals surface area contributed by atoms with Crippen molar-refractivity contribution in [3.05, 3.63) is 53.4 Å². The zero-order valence-corrected chi connectivity index (χ0v) is 10.3. The Morgan fingerprint density at radius 1 is 1.50 bits per heavy atom. The Balaban J connectivity index is 2.33. The second-order valence-corrected chi connectivity index (χ2v) is 3.95. The van der Waals surface area contributed by atoms with Gasteiger partial charge in [-0.2, -0.15) is 0 Å². The molecule has 0 aliphatic carbocycles. The average Bonchev–Trinajstić information content (AvgIpc) is 2.40. The van der Waals surface area contributed by atoms with Gasteiger partial charge in [0.15, 0.2) is 0 Å². The summed E-state index contributed by atoms with van der Waals surface area (Å²) in [5.41, 5.74) is 9.12. The van der Waals surface area contributed by atoms with Crippen molar-refractivity contribution in [2.75, 3.05) is 13.2 Å². The summed E-state index contributed by atoms with van der Waals surface area (Å²) >= 11 is 0. The summed E-state index contributed by atoms with van der Waals surface area (Å²) in [6.45, 7) is 2.82. The fourth-order valence-electron chi connectivity index (χ4n) is 1.83. The van der Waals surface area contributed by atoms with Crippen LogP contribution >= 0.6 is 0 Å². The maximum absolute atomic E-state index is 11.7. The molecular formula is C14H16N2O2. The van der Waals surface area contributed by atoms with Gasteiger partial charge >= 0.3 is 5.97 Å². The van der Waals surface area contributed by atoms with Crippen molar-refractivity contribution in [1.29, 1.82) is 0 Å². The number of allylic oxidation sites excluding steroid dienone is 1. The average molecular weight is 244 g/mol. The Morgan fingerprint density at radius 3 is 3.06 bits per heavy atom. The Bertz CT molecular complexity index is 518. The Labute approximate surface area is 106 Å². The molecule has 0 bridgehead atoms. The first-order chi connectivity index (χ1) is 8.72. The van der Waals surface area contributed by atoms with E-state index < -0.39 is 0 Å². The largest absolute Gasteiger partial charge is 0.462 e. The molecule has 0 radical (unpaired) electrons. The number of benzene rings is 1. The second-order valence-electron chi connectivity index (χ2n) is 3.95. The predicted molar refractivity (Wildman–Crippen MR) is 70.6 cm³/mol. The summed E-state index contributed by atoms with van der Waals surface area (Å²) < 4.78 is 4.98. The molecule has 4 nitrogen and oxygen atoms in total. The summed E-state index contributed by atoms with van der Waals surface area (Å²) in [6, 6.07) is 7.32. The summed E-state index contributed by atoms with van der Waals surface area (Å²) in [5, 5.41) is 3.10. The predicted octanol–water partition coefficient (Wildman–Crippen LogP) is 1.65. The van der Waals surface area contributed by atoms with Crippen LogP contribution in [0.3, 0.4) is 0 Å². The van der Waals surface area contributed by atoms with E-state index in [2.05, 4.69) is 5.32 Å². The highest BCUT2D eigenvalue weighted by molar-refractivity contribution is 5.91. The summed E-state index contributed by atoms with van der Waals surface area (Å²) in [5.74, 6) is -0.308. The van der Waals surface area contributed by atoms with Crippen molar-refractivity contribution in [2.45, 2.75) is 6.92 Å². The first-order valence-corrected chi connectivity index (χ1v) is 5.88. The number of ether oxygens (including phenoxy) is 1. The lowest BCUT2D eigenvalue weighted by molar-refractivity contribution is 0.0526. The van der Waals surface area contributed by atoms with Crippen molar-refractivity contribution in [3.63, 3.8) is 0 Å². The zero-order chi connectivity index (χ0) is 13.0. The third-order valence-corrected chi connectivity index (χ3v) is 2.73. The fraction of sp³-hybridized carbons (Fsp3) is 0.214. The van der Waals surface area contributed by atoms with Crippen LogP contribution in [0.2, 0.25) is 0 Å². The molecule has 1 aliphatic rings. The number of carbonyl (C=O) groups excluding carboxylic acids is 1. The smallest absolute Gasteiger partial charge is 0.338 e. The molecule has 0 spiro atoms. The van der Waals surface area contributed by atoms with Crippen molar-refractivity contribution >= 4 is 11.5 Å². The highest BCUT2D eigenvalue weighted by Crippen LogP contribution is 2.20. The van der Waals surface area contributed by atoms with E-state index in [9.17, 15) is 4.79 Å². The van der Waals surface area contributed by atoms with Crippen molar-refractivity contribution < 1.29 is 9.53 Å². The lowest BCUT2D eigenvalue weighted by Gasteiger charge is -2.15. The molecule has 2 rings (SSSR count). The molecule has 0 atom stereocenters. The molecule has 0 aromatic heterocycles. The molecule has 0 amide bonds. The third kappa shape index (κ3) is 2.53. The molecule has 0 unspecified atom stereocenters. The molecule has 0 saturated heterocycles. The number of hydrogen-bond acceptors (Lipinski definition) is 4. The van der Waals surface area contributed by atoms with E-state index in [1.165, 1.54) is 0 Å². The fourth-order valence-corrected chi connectivity index (χ4v) is 1.83. The number of carbonyl (C=O) groups is 1. The van der Waals surface area contributed by atoms with Gasteiger partial charge in [-0.05, 0) is 36.9 Å². The van der Waals surface area contributed by atoms with Gasteiger partial charge in [-0.1, -0.05) is 12.1 Å². The number of nitrogens with two attached hydrogens (primary N) is 1. The van der Waals surface area contributed by atoms with Gasteiger partial charge in [-0.3, -0.25) is 0 Å². The van der Waals surface area contributed by atoms with E-state index in [1.54, 1.807) is 19.1 Å². The Kier molecular flexibility index (Phi) is 3.67. The Hall–Kier alpha value is -2.23. The van der Waals surface area contributed by atoms with Crippen LogP contribution in [0, 0.1) is 0 Å². The van der Waals surface area contributed by atoms with Crippen LogP contribution in [0.15, 0.2) is 42.2 Å². The molecule has 18 heavy (non-hydrogen) atoms. The molecule has 1 aromatic rings. The molecule has 4 heteroatoms. The van der Waals surface area contributed by atoms with E-state index in [0.29, 0.717) is 18.7 Å². The highest BCUT2D eigenvalue weighted by atomic mass is 16.5. The molecule has 0 saturated carbocycles. The summed E-state index contributed by atoms with van der Waals surface area (Å²) in [6.07, 6.45) is 3.63. The van der Waals surface area contributed by atoms with E-state index in [0.717, 1.165) is 16.8 Å². The minimum absolute atomic E-state index is 0.308. The quantitative estimate of drug-likeness (QED) is 0.793. The SMILES string of the molecule is CCOC(=O)c1cccc(C2=C(N)C=CNC2)c1. The molecule has 0 fully saturated rings. The van der Waals surface area contributed by atoms with Crippen LogP contribution in [0.1, 0.15) is 22.8 Å². The van der Waals surface area contributed by atoms with Crippen LogP contribution in [0.4, 0.5) is 0 Å². The lowest BCUT2D eigenvalue weighted by Crippen LogP contribution is -2.18. The van der Waals surface area contributed by atoms with Crippen molar-refractivity contribution in [1.82, 2.24) is 5.32 Å². The van der Waals surface area contributed by atoms with Crippen LogP contribution in [-0.4, -0.2) is 19.1 Å². The number of esters is 1. The summed E-state index contributed by atoms with van der Waals surface area (Å²) in [4.78, 5) is 11.7. The van der Waals surface area contributed by atoms with Crippen molar-refractivity contribution in [2.24, 2.45) is 5.73 Å². The standard InChI is InChI=1S/C14H16N2O2/c1-2-18-14(17)11-5-3-4-10(8-11)12-9-16-7-6-13(12)15/h3-8,16H,2,9,15H2,1H3. The van der Waals surface area contributed by atoms with Crippen molar-refractivity contribution in [3.8, 4) is 0 Å². The van der Waals surface area contributed by atoms with E-state index in [-0.39, 0.29) is 5.97 Å². The van der Waals surface area contributed by atoms with Gasteiger partial charge in [-0.25, -0.2) is 4.79 Å². The van der Waals surface area contributed by atoms with Crippen LogP contribution in [-0.2, 0) is 4.74 Å². The second kappa shape index (κ2) is 5.40. The Morgan fingerprint density at radius 2 is 2.33 bits per heavy atom. The van der Waals surface area contributed by atoms with Gasteiger partial charge in [0, 0.05) is 17.8 Å². The van der Waals surface area contributed by atoms with Gasteiger partial charge in [-0.15, -0.1) is 0 Å². The van der Waals surface area contributed by atoms with Gasteiger partial charge in [0.25, 0.3) is 0 Å². The van der Waals surface area contributed by atoms with Crippen LogP contribution in [0.25, 0.3) is 5.57 Å². The summed E-state index contributed by atoms with van der Waals surface area (Å²) in [7, 11) is 0. The van der Waals surface area contributed by atoms with Gasteiger partial charge in [0.05, 0.1) is 12.2 Å². The highest BCUT2D eigenvalue weighted by Gasteiger charge is 2.11. The topological polar surface area (TPSA) is 64.3 Å². The van der Waals surface area contributed by atoms with Gasteiger partial charge in [0.2, 0.25) is 0 Å². The normalized spacial score (nSPS) is 14.3. The maximum atomic E-state index is 11.7. The maximum Gasteiger partial charge on any atom is 0.338 e. The molecule has 3 N–H and O–H groups in total.